The Morgan fingerprint density at radius 1 is 0.917 bits per heavy atom. The van der Waals surface area contributed by atoms with E-state index in [4.69, 9.17) is 9.47 Å². The highest BCUT2D eigenvalue weighted by molar-refractivity contribution is 9.21. The first-order valence-corrected chi connectivity index (χ1v) is 11.0. The molecule has 0 bridgehead atoms. The lowest BCUT2D eigenvalue weighted by molar-refractivity contribution is 0.414. The summed E-state index contributed by atoms with van der Waals surface area (Å²) >= 11 is 0. The molecule has 1 atom stereocenters. The number of para-hydroxylation sites is 1. The highest BCUT2D eigenvalue weighted by atomic mass is 33.5. The maximum Gasteiger partial charge on any atom is 0.269 e. The van der Waals surface area contributed by atoms with Crippen LogP contribution in [0.2, 0.25) is 0 Å². The van der Waals surface area contributed by atoms with Gasteiger partial charge in [0.25, 0.3) is 5.23 Å². The average Bonchev–Trinajstić information content (AvgIpc) is 3.14. The molecule has 1 N–H and O–H groups in total. The van der Waals surface area contributed by atoms with Gasteiger partial charge >= 0.3 is 0 Å². The highest BCUT2D eigenvalue weighted by Crippen LogP contribution is 2.53. The van der Waals surface area contributed by atoms with Crippen LogP contribution in [0.5, 0.6) is 11.5 Å². The van der Waals surface area contributed by atoms with Crippen molar-refractivity contribution in [1.82, 2.24) is 0 Å². The summed E-state index contributed by atoms with van der Waals surface area (Å²) in [6.07, 6.45) is 0. The number of nitrogens with zero attached hydrogens (tertiary/aromatic N) is 2. The van der Waals surface area contributed by atoms with Crippen molar-refractivity contribution in [3.63, 3.8) is 0 Å². The first-order valence-electron chi connectivity index (χ1n) is 7.09. The molecule has 0 aromatic heterocycles. The van der Waals surface area contributed by atoms with Crippen molar-refractivity contribution >= 4 is 51.3 Å². The topological polar surface area (TPSA) is 55.2 Å². The van der Waals surface area contributed by atoms with Gasteiger partial charge in [0.05, 0.1) is 7.11 Å². The monoisotopic (exact) mass is 375 g/mol. The van der Waals surface area contributed by atoms with E-state index in [2.05, 4.69) is 15.3 Å². The lowest BCUT2D eigenvalue weighted by atomic mass is 10.3. The molecule has 2 aromatic carbocycles. The van der Waals surface area contributed by atoms with Gasteiger partial charge in [0.1, 0.15) is 11.5 Å². The molecule has 122 valence electrons. The summed E-state index contributed by atoms with van der Waals surface area (Å²) in [4.78, 5) is 9.04. The second kappa shape index (κ2) is 6.92. The number of nitrogens with one attached hydrogen (secondary N) is 1. The molecule has 0 radical (unpaired) electrons. The minimum atomic E-state index is -0.151. The summed E-state index contributed by atoms with van der Waals surface area (Å²) in [5.41, 5.74) is 1.03. The van der Waals surface area contributed by atoms with E-state index in [1.165, 1.54) is 0 Å². The molecule has 0 fully saturated rings. The van der Waals surface area contributed by atoms with Crippen LogP contribution in [0.4, 0.5) is 5.69 Å². The summed E-state index contributed by atoms with van der Waals surface area (Å²) in [5, 5.41) is 5.63. The second-order valence-electron chi connectivity index (χ2n) is 4.75. The van der Waals surface area contributed by atoms with E-state index in [0.717, 1.165) is 27.5 Å². The van der Waals surface area contributed by atoms with Gasteiger partial charge in [-0.2, -0.15) is 9.98 Å². The molecular weight excluding hydrogens is 362 g/mol. The SMILES string of the molecule is COc1ccc(OC2=NC3=S(SC(Nc4ccccc4)=N3)S2)cc1. The van der Waals surface area contributed by atoms with Gasteiger partial charge in [0.2, 0.25) is 5.11 Å². The summed E-state index contributed by atoms with van der Waals surface area (Å²) in [7, 11) is 4.76. The van der Waals surface area contributed by atoms with Crippen molar-refractivity contribution in [1.29, 1.82) is 0 Å². The number of benzene rings is 2. The number of hydrogen-bond acceptors (Lipinski definition) is 7. The zero-order chi connectivity index (χ0) is 16.4. The van der Waals surface area contributed by atoms with Crippen molar-refractivity contribution in [2.24, 2.45) is 9.98 Å². The first kappa shape index (κ1) is 15.6. The molecule has 5 nitrogen and oxygen atoms in total. The molecule has 1 unspecified atom stereocenters. The van der Waals surface area contributed by atoms with Crippen LogP contribution in [0.25, 0.3) is 0 Å². The van der Waals surface area contributed by atoms with Crippen molar-refractivity contribution in [2.45, 2.75) is 0 Å². The molecule has 0 spiro atoms. The fraction of sp³-hybridized carbons (Fsp3) is 0.0625. The van der Waals surface area contributed by atoms with Crippen LogP contribution in [0.1, 0.15) is 0 Å². The molecule has 24 heavy (non-hydrogen) atoms. The molecule has 0 saturated heterocycles. The predicted molar refractivity (Wildman–Crippen MR) is 106 cm³/mol. The molecule has 4 rings (SSSR count). The Labute approximate surface area is 149 Å². The molecular formula is C16H13N3O2S3. The Hall–Kier alpha value is -1.90. The Bertz CT molecular complexity index is 849. The van der Waals surface area contributed by atoms with Gasteiger partial charge in [-0.05, 0) is 55.7 Å². The van der Waals surface area contributed by atoms with Crippen LogP contribution >= 0.6 is 30.1 Å². The number of methoxy groups -OCH3 is 1. The fourth-order valence-corrected chi connectivity index (χ4v) is 7.12. The van der Waals surface area contributed by atoms with Crippen LogP contribution in [0, 0.1) is 0 Å². The number of anilines is 1. The van der Waals surface area contributed by atoms with E-state index in [0.29, 0.717) is 5.23 Å². The van der Waals surface area contributed by atoms with Crippen molar-refractivity contribution in [3.8, 4) is 11.5 Å². The molecule has 0 aliphatic carbocycles. The van der Waals surface area contributed by atoms with E-state index in [1.54, 1.807) is 28.7 Å². The lowest BCUT2D eigenvalue weighted by Gasteiger charge is -2.07. The van der Waals surface area contributed by atoms with E-state index in [9.17, 15) is 0 Å². The van der Waals surface area contributed by atoms with Crippen LogP contribution < -0.4 is 14.8 Å². The molecule has 2 heterocycles. The molecule has 8 heteroatoms. The zero-order valence-electron chi connectivity index (χ0n) is 12.6. The van der Waals surface area contributed by atoms with Crippen LogP contribution in [-0.4, -0.2) is 22.6 Å². The summed E-state index contributed by atoms with van der Waals surface area (Å²) in [5.74, 6) is 1.54. The van der Waals surface area contributed by atoms with Gasteiger partial charge in [-0.25, -0.2) is 0 Å². The first-order chi connectivity index (χ1) is 11.8. The maximum atomic E-state index is 5.81. The normalized spacial score (nSPS) is 18.7. The molecule has 0 amide bonds. The summed E-state index contributed by atoms with van der Waals surface area (Å²) < 4.78 is 10.9. The highest BCUT2D eigenvalue weighted by Gasteiger charge is 2.27. The lowest BCUT2D eigenvalue weighted by Crippen LogP contribution is -2.07. The third kappa shape index (κ3) is 3.45. The van der Waals surface area contributed by atoms with E-state index in [-0.39, 0.29) is 8.55 Å². The fourth-order valence-electron chi connectivity index (χ4n) is 2.01. The third-order valence-corrected chi connectivity index (χ3v) is 8.51. The smallest absolute Gasteiger partial charge is 0.269 e. The number of hydrogen-bond donors (Lipinski definition) is 1. The Kier molecular flexibility index (Phi) is 4.50. The van der Waals surface area contributed by atoms with E-state index < -0.39 is 0 Å². The largest absolute Gasteiger partial charge is 0.497 e. The second-order valence-corrected chi connectivity index (χ2v) is 10.3. The van der Waals surface area contributed by atoms with Crippen LogP contribution in [-0.2, 0) is 0 Å². The zero-order valence-corrected chi connectivity index (χ0v) is 15.1. The van der Waals surface area contributed by atoms with Gasteiger partial charge in [-0.15, -0.1) is 0 Å². The Balaban J connectivity index is 1.40. The number of ether oxygens (including phenoxy) is 2. The average molecular weight is 376 g/mol. The minimum Gasteiger partial charge on any atom is -0.497 e. The Morgan fingerprint density at radius 3 is 2.38 bits per heavy atom. The standard InChI is InChI=1S/C16H13N3O2S3/c1-20-12-7-9-13(10-8-12)21-16-19-15-18-14(22-24(15)23-16)17-11-5-3-2-4-6-11/h2-10H,1H3,(H,17,18). The summed E-state index contributed by atoms with van der Waals surface area (Å²) in [6.45, 7) is 0. The van der Waals surface area contributed by atoms with Crippen molar-refractivity contribution < 1.29 is 9.47 Å². The van der Waals surface area contributed by atoms with Crippen molar-refractivity contribution in [2.75, 3.05) is 12.4 Å². The van der Waals surface area contributed by atoms with Crippen molar-refractivity contribution in [3.05, 3.63) is 54.6 Å². The number of rotatable bonds is 3. The minimum absolute atomic E-state index is 0.151. The number of aliphatic imine (C=N–C) groups is 2. The quantitative estimate of drug-likeness (QED) is 0.629. The van der Waals surface area contributed by atoms with E-state index in [1.807, 2.05) is 54.6 Å². The molecule has 2 aliphatic heterocycles. The predicted octanol–water partition coefficient (Wildman–Crippen LogP) is 4.58. The third-order valence-electron chi connectivity index (χ3n) is 3.12. The number of amidine groups is 1. The maximum absolute atomic E-state index is 5.81. The molecule has 2 aromatic rings. The summed E-state index contributed by atoms with van der Waals surface area (Å²) in [6, 6.07) is 17.5. The molecule has 0 saturated carbocycles. The van der Waals surface area contributed by atoms with Gasteiger partial charge in [-0.1, -0.05) is 18.2 Å². The van der Waals surface area contributed by atoms with E-state index >= 15 is 0 Å². The van der Waals surface area contributed by atoms with Gasteiger partial charge in [0.15, 0.2) is 5.17 Å². The Morgan fingerprint density at radius 2 is 1.67 bits per heavy atom. The van der Waals surface area contributed by atoms with Gasteiger partial charge in [0, 0.05) is 16.5 Å². The molecule has 2 aliphatic rings. The van der Waals surface area contributed by atoms with Crippen LogP contribution in [0.15, 0.2) is 64.6 Å². The van der Waals surface area contributed by atoms with Crippen LogP contribution in [0.3, 0.4) is 0 Å². The van der Waals surface area contributed by atoms with Gasteiger partial charge < -0.3 is 14.8 Å². The van der Waals surface area contributed by atoms with Gasteiger partial charge in [-0.3, -0.25) is 0 Å².